The van der Waals surface area contributed by atoms with Gasteiger partial charge in [0.2, 0.25) is 0 Å². The molecule has 72 valence electrons. The van der Waals surface area contributed by atoms with Crippen LogP contribution in [-0.4, -0.2) is 10.1 Å². The minimum atomic E-state index is -0.657. The van der Waals surface area contributed by atoms with Gasteiger partial charge in [-0.1, -0.05) is 29.8 Å². The number of hydrogen-bond acceptors (Lipinski definition) is 1. The summed E-state index contributed by atoms with van der Waals surface area (Å²) in [4.78, 5) is 2.90. The fourth-order valence-electron chi connectivity index (χ4n) is 1.38. The van der Waals surface area contributed by atoms with E-state index in [0.717, 1.165) is 11.1 Å². The van der Waals surface area contributed by atoms with Gasteiger partial charge >= 0.3 is 0 Å². The van der Waals surface area contributed by atoms with Crippen LogP contribution in [0, 0.1) is 0 Å². The lowest BCUT2D eigenvalue weighted by molar-refractivity contribution is 0.220. The van der Waals surface area contributed by atoms with E-state index in [9.17, 15) is 5.11 Å². The monoisotopic (exact) mass is 207 g/mol. The van der Waals surface area contributed by atoms with Crippen molar-refractivity contribution in [2.45, 2.75) is 6.10 Å². The topological polar surface area (TPSA) is 36.0 Å². The summed E-state index contributed by atoms with van der Waals surface area (Å²) in [5, 5.41) is 10.5. The Labute approximate surface area is 87.2 Å². The molecule has 0 spiro atoms. The first kappa shape index (κ1) is 9.31. The van der Waals surface area contributed by atoms with E-state index in [0.29, 0.717) is 5.02 Å². The van der Waals surface area contributed by atoms with E-state index in [1.165, 1.54) is 0 Å². The van der Waals surface area contributed by atoms with E-state index < -0.39 is 6.10 Å². The lowest BCUT2D eigenvalue weighted by Crippen LogP contribution is -1.98. The van der Waals surface area contributed by atoms with Crippen LogP contribution in [0.5, 0.6) is 0 Å². The second kappa shape index (κ2) is 3.86. The zero-order valence-electron chi connectivity index (χ0n) is 7.44. The Kier molecular flexibility index (Phi) is 2.57. The molecule has 1 aromatic heterocycles. The van der Waals surface area contributed by atoms with E-state index in [1.54, 1.807) is 18.5 Å². The van der Waals surface area contributed by atoms with Crippen LogP contribution < -0.4 is 0 Å². The number of halogens is 1. The summed E-state index contributed by atoms with van der Waals surface area (Å²) in [7, 11) is 0. The smallest absolute Gasteiger partial charge is 0.107 e. The Morgan fingerprint density at radius 2 is 2.00 bits per heavy atom. The van der Waals surface area contributed by atoms with Crippen molar-refractivity contribution in [3.63, 3.8) is 0 Å². The maximum absolute atomic E-state index is 9.96. The van der Waals surface area contributed by atoms with Gasteiger partial charge in [-0.05, 0) is 12.1 Å². The third-order valence-corrected chi connectivity index (χ3v) is 2.48. The number of aromatic nitrogens is 1. The number of aliphatic hydroxyl groups is 1. The fourth-order valence-corrected chi connectivity index (χ4v) is 1.62. The van der Waals surface area contributed by atoms with Gasteiger partial charge in [-0.2, -0.15) is 0 Å². The molecule has 0 saturated carbocycles. The predicted molar refractivity (Wildman–Crippen MR) is 56.3 cm³/mol. The lowest BCUT2D eigenvalue weighted by Gasteiger charge is -2.10. The molecule has 3 heteroatoms. The van der Waals surface area contributed by atoms with Crippen LogP contribution in [0.3, 0.4) is 0 Å². The Morgan fingerprint density at radius 3 is 2.64 bits per heavy atom. The second-order valence-corrected chi connectivity index (χ2v) is 3.48. The Morgan fingerprint density at radius 1 is 1.21 bits per heavy atom. The van der Waals surface area contributed by atoms with E-state index >= 15 is 0 Å². The minimum absolute atomic E-state index is 0.584. The second-order valence-electron chi connectivity index (χ2n) is 3.07. The molecule has 2 nitrogen and oxygen atoms in total. The molecule has 1 unspecified atom stereocenters. The van der Waals surface area contributed by atoms with Crippen molar-refractivity contribution in [2.24, 2.45) is 0 Å². The number of H-pyrrole nitrogens is 1. The van der Waals surface area contributed by atoms with Crippen LogP contribution in [0.25, 0.3) is 0 Å². The van der Waals surface area contributed by atoms with Crippen molar-refractivity contribution >= 4 is 11.6 Å². The molecule has 0 aliphatic carbocycles. The molecule has 0 saturated heterocycles. The summed E-state index contributed by atoms with van der Waals surface area (Å²) in [5.74, 6) is 0. The molecule has 0 aliphatic rings. The quantitative estimate of drug-likeness (QED) is 0.781. The molecule has 14 heavy (non-hydrogen) atoms. The van der Waals surface area contributed by atoms with Gasteiger partial charge in [-0.3, -0.25) is 0 Å². The van der Waals surface area contributed by atoms with Gasteiger partial charge in [-0.15, -0.1) is 0 Å². The largest absolute Gasteiger partial charge is 0.384 e. The summed E-state index contributed by atoms with van der Waals surface area (Å²) in [6.45, 7) is 0. The van der Waals surface area contributed by atoms with Crippen molar-refractivity contribution in [1.29, 1.82) is 0 Å². The van der Waals surface area contributed by atoms with E-state index in [2.05, 4.69) is 4.98 Å². The van der Waals surface area contributed by atoms with Crippen LogP contribution in [0.4, 0.5) is 0 Å². The highest BCUT2D eigenvalue weighted by molar-refractivity contribution is 6.31. The molecule has 0 fully saturated rings. The molecular formula is C11H10ClNO. The van der Waals surface area contributed by atoms with Crippen LogP contribution in [0.2, 0.25) is 5.02 Å². The zero-order valence-corrected chi connectivity index (χ0v) is 8.20. The summed E-state index contributed by atoms with van der Waals surface area (Å²) < 4.78 is 0. The molecule has 0 radical (unpaired) electrons. The van der Waals surface area contributed by atoms with Crippen LogP contribution in [0.1, 0.15) is 17.2 Å². The number of benzene rings is 1. The normalized spacial score (nSPS) is 12.7. The molecule has 1 aromatic carbocycles. The van der Waals surface area contributed by atoms with Crippen LogP contribution in [0.15, 0.2) is 42.7 Å². The molecule has 0 aliphatic heterocycles. The molecule has 2 aromatic rings. The van der Waals surface area contributed by atoms with Crippen molar-refractivity contribution in [1.82, 2.24) is 4.98 Å². The number of aromatic amines is 1. The van der Waals surface area contributed by atoms with Crippen molar-refractivity contribution in [3.8, 4) is 0 Å². The summed E-state index contributed by atoms with van der Waals surface area (Å²) in [6, 6.07) is 9.12. The average molecular weight is 208 g/mol. The first-order chi connectivity index (χ1) is 6.79. The Balaban J connectivity index is 2.37. The summed E-state index contributed by atoms with van der Waals surface area (Å²) in [6.07, 6.45) is 2.87. The maximum Gasteiger partial charge on any atom is 0.107 e. The predicted octanol–water partition coefficient (Wildman–Crippen LogP) is 2.75. The number of rotatable bonds is 2. The van der Waals surface area contributed by atoms with Gasteiger partial charge in [0, 0.05) is 28.5 Å². The highest BCUT2D eigenvalue weighted by Gasteiger charge is 2.12. The first-order valence-electron chi connectivity index (χ1n) is 4.34. The van der Waals surface area contributed by atoms with Gasteiger partial charge in [0.15, 0.2) is 0 Å². The number of nitrogens with one attached hydrogen (secondary N) is 1. The maximum atomic E-state index is 9.96. The molecule has 1 atom stereocenters. The van der Waals surface area contributed by atoms with Gasteiger partial charge in [0.1, 0.15) is 6.10 Å². The number of hydrogen-bond donors (Lipinski definition) is 2. The van der Waals surface area contributed by atoms with Crippen molar-refractivity contribution < 1.29 is 5.11 Å². The van der Waals surface area contributed by atoms with E-state index in [1.807, 2.05) is 24.3 Å². The molecule has 0 bridgehead atoms. The highest BCUT2D eigenvalue weighted by atomic mass is 35.5. The van der Waals surface area contributed by atoms with Crippen molar-refractivity contribution in [3.05, 3.63) is 58.9 Å². The highest BCUT2D eigenvalue weighted by Crippen LogP contribution is 2.27. The third kappa shape index (κ3) is 1.67. The summed E-state index contributed by atoms with van der Waals surface area (Å²) in [5.41, 5.74) is 1.55. The molecule has 2 N–H and O–H groups in total. The standard InChI is InChI=1S/C11H10ClNO/c12-10-4-2-1-3-9(10)11(14)8-5-6-13-7-8/h1-7,11,13-14H. The van der Waals surface area contributed by atoms with Gasteiger partial charge < -0.3 is 10.1 Å². The SMILES string of the molecule is OC(c1cc[nH]c1)c1ccccc1Cl. The van der Waals surface area contributed by atoms with Gasteiger partial charge in [0.25, 0.3) is 0 Å². The zero-order chi connectivity index (χ0) is 9.97. The van der Waals surface area contributed by atoms with Gasteiger partial charge in [0.05, 0.1) is 0 Å². The Bertz CT molecular complexity index is 411. The van der Waals surface area contributed by atoms with Crippen LogP contribution in [-0.2, 0) is 0 Å². The van der Waals surface area contributed by atoms with Crippen LogP contribution >= 0.6 is 11.6 Å². The molecule has 0 amide bonds. The Hall–Kier alpha value is -1.25. The number of aliphatic hydroxyl groups excluding tert-OH is 1. The molecule has 1 heterocycles. The average Bonchev–Trinajstić information content (AvgIpc) is 2.70. The van der Waals surface area contributed by atoms with Crippen molar-refractivity contribution in [2.75, 3.05) is 0 Å². The van der Waals surface area contributed by atoms with E-state index in [4.69, 9.17) is 11.6 Å². The first-order valence-corrected chi connectivity index (χ1v) is 4.72. The van der Waals surface area contributed by atoms with Gasteiger partial charge in [-0.25, -0.2) is 0 Å². The molecular weight excluding hydrogens is 198 g/mol. The summed E-state index contributed by atoms with van der Waals surface area (Å²) >= 11 is 5.97. The molecule has 2 rings (SSSR count). The lowest BCUT2D eigenvalue weighted by atomic mass is 10.0. The fraction of sp³-hybridized carbons (Fsp3) is 0.0909. The van der Waals surface area contributed by atoms with E-state index in [-0.39, 0.29) is 0 Å². The third-order valence-electron chi connectivity index (χ3n) is 2.14. The minimum Gasteiger partial charge on any atom is -0.384 e.